The second kappa shape index (κ2) is 4.84. The van der Waals surface area contributed by atoms with Gasteiger partial charge < -0.3 is 10.6 Å². The standard InChI is InChI=1S/C11H17F3N2O/c12-11(13,14)9-4-2-1-3-8(9)10(17)16-7-5-15-6-7/h7-9,15H,1-6H2,(H,16,17). The number of amides is 1. The molecule has 1 aliphatic heterocycles. The van der Waals surface area contributed by atoms with Crippen LogP contribution in [-0.2, 0) is 4.79 Å². The third-order valence-electron chi connectivity index (χ3n) is 3.65. The second-order valence-electron chi connectivity index (χ2n) is 4.90. The van der Waals surface area contributed by atoms with E-state index in [2.05, 4.69) is 10.6 Å². The lowest BCUT2D eigenvalue weighted by molar-refractivity contribution is -0.198. The zero-order valence-corrected chi connectivity index (χ0v) is 9.52. The highest BCUT2D eigenvalue weighted by Crippen LogP contribution is 2.41. The van der Waals surface area contributed by atoms with Gasteiger partial charge >= 0.3 is 6.18 Å². The van der Waals surface area contributed by atoms with E-state index in [9.17, 15) is 18.0 Å². The van der Waals surface area contributed by atoms with Crippen LogP contribution in [0, 0.1) is 11.8 Å². The third-order valence-corrected chi connectivity index (χ3v) is 3.65. The molecule has 1 amide bonds. The fourth-order valence-corrected chi connectivity index (χ4v) is 2.54. The van der Waals surface area contributed by atoms with Crippen LogP contribution in [0.3, 0.4) is 0 Å². The zero-order chi connectivity index (χ0) is 12.5. The van der Waals surface area contributed by atoms with Gasteiger partial charge in [-0.1, -0.05) is 12.8 Å². The molecule has 0 radical (unpaired) electrons. The Bertz CT molecular complexity index is 289. The minimum atomic E-state index is -4.25. The van der Waals surface area contributed by atoms with Crippen LogP contribution < -0.4 is 10.6 Å². The van der Waals surface area contributed by atoms with E-state index in [4.69, 9.17) is 0 Å². The van der Waals surface area contributed by atoms with Crippen molar-refractivity contribution in [3.05, 3.63) is 0 Å². The summed E-state index contributed by atoms with van der Waals surface area (Å²) in [5, 5.41) is 5.66. The van der Waals surface area contributed by atoms with Crippen LogP contribution in [0.15, 0.2) is 0 Å². The molecule has 0 aromatic rings. The number of carbonyl (C=O) groups excluding carboxylic acids is 1. The Morgan fingerprint density at radius 1 is 1.18 bits per heavy atom. The summed E-state index contributed by atoms with van der Waals surface area (Å²) in [4.78, 5) is 11.8. The molecular weight excluding hydrogens is 233 g/mol. The molecule has 0 aromatic heterocycles. The van der Waals surface area contributed by atoms with E-state index in [-0.39, 0.29) is 12.5 Å². The smallest absolute Gasteiger partial charge is 0.351 e. The van der Waals surface area contributed by atoms with Crippen LogP contribution in [-0.4, -0.2) is 31.2 Å². The Morgan fingerprint density at radius 2 is 1.82 bits per heavy atom. The molecule has 98 valence electrons. The molecule has 2 aliphatic rings. The monoisotopic (exact) mass is 250 g/mol. The molecule has 1 heterocycles. The normalized spacial score (nSPS) is 30.8. The SMILES string of the molecule is O=C(NC1CNC1)C1CCCCC1C(F)(F)F. The van der Waals surface area contributed by atoms with E-state index in [0.717, 1.165) is 0 Å². The molecule has 17 heavy (non-hydrogen) atoms. The molecule has 2 N–H and O–H groups in total. The summed E-state index contributed by atoms with van der Waals surface area (Å²) in [6.45, 7) is 1.32. The third kappa shape index (κ3) is 2.91. The molecule has 3 nitrogen and oxygen atoms in total. The Balaban J connectivity index is 1.97. The van der Waals surface area contributed by atoms with Crippen LogP contribution in [0.4, 0.5) is 13.2 Å². The Kier molecular flexibility index (Phi) is 3.61. The molecule has 1 saturated heterocycles. The minimum absolute atomic E-state index is 0.0123. The lowest BCUT2D eigenvalue weighted by Gasteiger charge is -2.35. The summed E-state index contributed by atoms with van der Waals surface area (Å²) >= 11 is 0. The lowest BCUT2D eigenvalue weighted by atomic mass is 9.78. The Morgan fingerprint density at radius 3 is 2.35 bits per heavy atom. The van der Waals surface area contributed by atoms with Crippen molar-refractivity contribution in [1.29, 1.82) is 0 Å². The summed E-state index contributed by atoms with van der Waals surface area (Å²) in [7, 11) is 0. The number of nitrogens with one attached hydrogen (secondary N) is 2. The first-order valence-electron chi connectivity index (χ1n) is 6.06. The lowest BCUT2D eigenvalue weighted by Crippen LogP contribution is -2.59. The molecule has 2 fully saturated rings. The van der Waals surface area contributed by atoms with Crippen LogP contribution in [0.2, 0.25) is 0 Å². The van der Waals surface area contributed by atoms with Crippen molar-refractivity contribution < 1.29 is 18.0 Å². The summed E-state index contributed by atoms with van der Waals surface area (Å²) in [6, 6.07) is 0.0123. The number of rotatable bonds is 2. The van der Waals surface area contributed by atoms with Crippen molar-refractivity contribution in [2.24, 2.45) is 11.8 Å². The van der Waals surface area contributed by atoms with Crippen molar-refractivity contribution >= 4 is 5.91 Å². The fraction of sp³-hybridized carbons (Fsp3) is 0.909. The van der Waals surface area contributed by atoms with Crippen molar-refractivity contribution in [1.82, 2.24) is 10.6 Å². The minimum Gasteiger partial charge on any atom is -0.351 e. The molecular formula is C11H17F3N2O. The first-order chi connectivity index (χ1) is 7.98. The largest absolute Gasteiger partial charge is 0.392 e. The summed E-state index contributed by atoms with van der Waals surface area (Å²) in [5.74, 6) is -2.76. The molecule has 2 rings (SSSR count). The van der Waals surface area contributed by atoms with Crippen LogP contribution in [0.25, 0.3) is 0 Å². The predicted octanol–water partition coefficient (Wildman–Crippen LogP) is 1.44. The molecule has 2 unspecified atom stereocenters. The van der Waals surface area contributed by atoms with Crippen molar-refractivity contribution in [2.75, 3.05) is 13.1 Å². The maximum atomic E-state index is 12.8. The van der Waals surface area contributed by atoms with Gasteiger partial charge in [0.25, 0.3) is 0 Å². The maximum Gasteiger partial charge on any atom is 0.392 e. The molecule has 0 bridgehead atoms. The Labute approximate surface area is 98.1 Å². The van der Waals surface area contributed by atoms with Gasteiger partial charge in [0.15, 0.2) is 0 Å². The van der Waals surface area contributed by atoms with E-state index < -0.39 is 23.9 Å². The van der Waals surface area contributed by atoms with E-state index in [1.807, 2.05) is 0 Å². The number of hydrogen-bond acceptors (Lipinski definition) is 2. The number of carbonyl (C=O) groups is 1. The fourth-order valence-electron chi connectivity index (χ4n) is 2.54. The molecule has 6 heteroatoms. The van der Waals surface area contributed by atoms with Gasteiger partial charge in [0.1, 0.15) is 0 Å². The van der Waals surface area contributed by atoms with Gasteiger partial charge in [-0.2, -0.15) is 13.2 Å². The topological polar surface area (TPSA) is 41.1 Å². The highest BCUT2D eigenvalue weighted by molar-refractivity contribution is 5.79. The van der Waals surface area contributed by atoms with E-state index >= 15 is 0 Å². The van der Waals surface area contributed by atoms with E-state index in [1.54, 1.807) is 0 Å². The molecule has 1 aliphatic carbocycles. The average molecular weight is 250 g/mol. The number of hydrogen-bond donors (Lipinski definition) is 2. The van der Waals surface area contributed by atoms with Gasteiger partial charge in [-0.25, -0.2) is 0 Å². The van der Waals surface area contributed by atoms with Gasteiger partial charge in [-0.3, -0.25) is 4.79 Å². The van der Waals surface area contributed by atoms with Crippen molar-refractivity contribution in [3.63, 3.8) is 0 Å². The van der Waals surface area contributed by atoms with Gasteiger partial charge in [0.05, 0.1) is 12.0 Å². The molecule has 1 saturated carbocycles. The predicted molar refractivity (Wildman–Crippen MR) is 56.3 cm³/mol. The Hall–Kier alpha value is -0.780. The van der Waals surface area contributed by atoms with Gasteiger partial charge in [-0.05, 0) is 12.8 Å². The molecule has 2 atom stereocenters. The van der Waals surface area contributed by atoms with Crippen LogP contribution >= 0.6 is 0 Å². The highest BCUT2D eigenvalue weighted by Gasteiger charge is 2.48. The summed E-state index contributed by atoms with van der Waals surface area (Å²) < 4.78 is 38.4. The van der Waals surface area contributed by atoms with E-state index in [1.165, 1.54) is 0 Å². The first kappa shape index (κ1) is 12.7. The first-order valence-corrected chi connectivity index (χ1v) is 6.06. The second-order valence-corrected chi connectivity index (χ2v) is 4.90. The van der Waals surface area contributed by atoms with Gasteiger partial charge in [0.2, 0.25) is 5.91 Å². The summed E-state index contributed by atoms with van der Waals surface area (Å²) in [6.07, 6.45) is -2.52. The summed E-state index contributed by atoms with van der Waals surface area (Å²) in [5.41, 5.74) is 0. The number of alkyl halides is 3. The highest BCUT2D eigenvalue weighted by atomic mass is 19.4. The zero-order valence-electron chi connectivity index (χ0n) is 9.52. The van der Waals surface area contributed by atoms with Gasteiger partial charge in [-0.15, -0.1) is 0 Å². The average Bonchev–Trinajstić information content (AvgIpc) is 2.22. The maximum absolute atomic E-state index is 12.8. The quantitative estimate of drug-likeness (QED) is 0.778. The van der Waals surface area contributed by atoms with Crippen LogP contribution in [0.5, 0.6) is 0 Å². The molecule has 0 spiro atoms. The molecule has 0 aromatic carbocycles. The van der Waals surface area contributed by atoms with Gasteiger partial charge in [0, 0.05) is 19.0 Å². The number of halogens is 3. The van der Waals surface area contributed by atoms with Crippen molar-refractivity contribution in [2.45, 2.75) is 37.9 Å². The van der Waals surface area contributed by atoms with Crippen molar-refractivity contribution in [3.8, 4) is 0 Å². The van der Waals surface area contributed by atoms with E-state index in [0.29, 0.717) is 32.4 Å². The van der Waals surface area contributed by atoms with Crippen LogP contribution in [0.1, 0.15) is 25.7 Å².